The molecule has 0 aromatic heterocycles. The molecule has 0 aromatic rings. The molecule has 1 unspecified atom stereocenters. The van der Waals surface area contributed by atoms with Gasteiger partial charge in [0.1, 0.15) is 0 Å². The van der Waals surface area contributed by atoms with Crippen molar-refractivity contribution in [3.63, 3.8) is 0 Å². The molecule has 0 aromatic carbocycles. The predicted octanol–water partition coefficient (Wildman–Crippen LogP) is 3.90. The third kappa shape index (κ3) is 4.17. The first-order chi connectivity index (χ1) is 7.09. The van der Waals surface area contributed by atoms with Gasteiger partial charge in [-0.1, -0.05) is 19.3 Å². The second-order valence-corrected chi connectivity index (χ2v) is 16.5. The first-order valence-electron chi connectivity index (χ1n) is 6.58. The fourth-order valence-electron chi connectivity index (χ4n) is 2.44. The third-order valence-corrected chi connectivity index (χ3v) is 5.74. The van der Waals surface area contributed by atoms with Crippen LogP contribution in [0, 0.1) is 5.92 Å². The highest BCUT2D eigenvalue weighted by atomic mass is 28.4. The lowest BCUT2D eigenvalue weighted by Gasteiger charge is -2.32. The van der Waals surface area contributed by atoms with Gasteiger partial charge >= 0.3 is 16.6 Å². The summed E-state index contributed by atoms with van der Waals surface area (Å²) < 4.78 is 8.82. The minimum absolute atomic E-state index is 0.688. The highest BCUT2D eigenvalue weighted by Crippen LogP contribution is 2.25. The lowest BCUT2D eigenvalue weighted by molar-refractivity contribution is -0.651. The maximum Gasteiger partial charge on any atom is 0.335 e. The molecule has 1 aliphatic heterocycles. The van der Waals surface area contributed by atoms with E-state index in [0.717, 1.165) is 5.92 Å². The number of rotatable bonds is 3. The van der Waals surface area contributed by atoms with E-state index in [1.54, 1.807) is 0 Å². The van der Waals surface area contributed by atoms with Crippen LogP contribution in [0.4, 0.5) is 0 Å². The summed E-state index contributed by atoms with van der Waals surface area (Å²) in [6, 6.07) is 0. The van der Waals surface area contributed by atoms with Crippen molar-refractivity contribution in [3.05, 3.63) is 0 Å². The first-order valence-corrected chi connectivity index (χ1v) is 13.4. The molecule has 1 aliphatic rings. The monoisotopic (exact) mass is 257 g/mol. The zero-order valence-corrected chi connectivity index (χ0v) is 14.1. The van der Waals surface area contributed by atoms with E-state index in [9.17, 15) is 0 Å². The summed E-state index contributed by atoms with van der Waals surface area (Å²) in [5, 5.41) is 0. The summed E-state index contributed by atoms with van der Waals surface area (Å²) in [6.45, 7) is 17.1. The summed E-state index contributed by atoms with van der Waals surface area (Å²) >= 11 is 0. The Morgan fingerprint density at radius 3 is 2.00 bits per heavy atom. The fraction of sp³-hybridized carbons (Fsp3) is 1.00. The quantitative estimate of drug-likeness (QED) is 0.551. The SMILES string of the molecule is CC1CC/[B-](=[N+](/O[Si](C)(C)C)[Si](C)(C)C)C1. The third-order valence-electron chi connectivity index (χ3n) is 3.03. The van der Waals surface area contributed by atoms with E-state index >= 15 is 0 Å². The second kappa shape index (κ2) is 4.76. The van der Waals surface area contributed by atoms with Crippen LogP contribution in [0.2, 0.25) is 51.9 Å². The molecule has 94 valence electrons. The Balaban J connectivity index is 2.97. The Hall–Kier alpha value is 0.0987. The normalized spacial score (nSPS) is 25.8. The van der Waals surface area contributed by atoms with Gasteiger partial charge in [-0.2, -0.15) is 0 Å². The average Bonchev–Trinajstić information content (AvgIpc) is 2.43. The summed E-state index contributed by atoms with van der Waals surface area (Å²) in [6.07, 6.45) is 4.03. The predicted molar refractivity (Wildman–Crippen MR) is 77.2 cm³/mol. The Morgan fingerprint density at radius 1 is 1.12 bits per heavy atom. The van der Waals surface area contributed by atoms with Gasteiger partial charge in [0.25, 0.3) is 0 Å². The smallest absolute Gasteiger partial charge is 0.335 e. The molecule has 0 radical (unpaired) electrons. The van der Waals surface area contributed by atoms with Crippen molar-refractivity contribution in [2.75, 3.05) is 0 Å². The Kier molecular flexibility index (Phi) is 4.22. The molecule has 1 saturated heterocycles. The van der Waals surface area contributed by atoms with Gasteiger partial charge in [-0.15, -0.1) is 12.6 Å². The lowest BCUT2D eigenvalue weighted by Crippen LogP contribution is -2.48. The van der Waals surface area contributed by atoms with E-state index in [0.29, 0.717) is 6.51 Å². The molecule has 0 spiro atoms. The molecule has 16 heavy (non-hydrogen) atoms. The molecule has 0 aliphatic carbocycles. The molecular formula is C11H28BNOSi2. The number of nitrogens with zero attached hydrogens (tertiary/aromatic N) is 1. The van der Waals surface area contributed by atoms with Crippen molar-refractivity contribution in [1.82, 2.24) is 0 Å². The molecule has 1 rings (SSSR count). The maximum absolute atomic E-state index is 6.37. The van der Waals surface area contributed by atoms with Crippen molar-refractivity contribution < 1.29 is 8.83 Å². The topological polar surface area (TPSA) is 12.2 Å². The zero-order chi connectivity index (χ0) is 12.6. The molecule has 5 heteroatoms. The van der Waals surface area contributed by atoms with Gasteiger partial charge in [0, 0.05) is 0 Å². The first kappa shape index (κ1) is 14.2. The van der Waals surface area contributed by atoms with Gasteiger partial charge in [-0.05, 0) is 39.3 Å². The molecule has 0 amide bonds. The zero-order valence-electron chi connectivity index (χ0n) is 12.1. The Labute approximate surface area is 103 Å². The van der Waals surface area contributed by atoms with Crippen LogP contribution in [0.3, 0.4) is 0 Å². The van der Waals surface area contributed by atoms with Crippen molar-refractivity contribution in [1.29, 1.82) is 0 Å². The molecule has 1 atom stereocenters. The Morgan fingerprint density at radius 2 is 1.69 bits per heavy atom. The van der Waals surface area contributed by atoms with Crippen LogP contribution in [0.25, 0.3) is 0 Å². The molecule has 2 nitrogen and oxygen atoms in total. The van der Waals surface area contributed by atoms with Gasteiger partial charge in [0.2, 0.25) is 0 Å². The average molecular weight is 257 g/mol. The van der Waals surface area contributed by atoms with Gasteiger partial charge in [0.05, 0.1) is 0 Å². The maximum atomic E-state index is 6.37. The van der Waals surface area contributed by atoms with E-state index < -0.39 is 16.6 Å². The summed E-state index contributed by atoms with van der Waals surface area (Å²) in [4.78, 5) is 0. The lowest BCUT2D eigenvalue weighted by atomic mass is 9.69. The molecule has 1 fully saturated rings. The van der Waals surface area contributed by atoms with E-state index in [1.165, 1.54) is 19.1 Å². The largest absolute Gasteiger partial charge is 0.426 e. The minimum Gasteiger partial charge on any atom is -0.426 e. The minimum atomic E-state index is -1.46. The van der Waals surface area contributed by atoms with E-state index in [2.05, 4.69) is 50.5 Å². The molecule has 1 heterocycles. The molecular weight excluding hydrogens is 229 g/mol. The highest BCUT2D eigenvalue weighted by molar-refractivity contribution is 6.73. The van der Waals surface area contributed by atoms with E-state index in [4.69, 9.17) is 4.53 Å². The van der Waals surface area contributed by atoms with Crippen LogP contribution >= 0.6 is 0 Å². The van der Waals surface area contributed by atoms with Crippen molar-refractivity contribution in [2.45, 2.75) is 65.3 Å². The number of hydrogen-bond donors (Lipinski definition) is 0. The van der Waals surface area contributed by atoms with Crippen LogP contribution in [0.1, 0.15) is 13.3 Å². The highest BCUT2D eigenvalue weighted by Gasteiger charge is 2.34. The molecule has 0 saturated carbocycles. The van der Waals surface area contributed by atoms with E-state index in [-0.39, 0.29) is 0 Å². The fourth-order valence-corrected chi connectivity index (χ4v) is 6.43. The summed E-state index contributed by atoms with van der Waals surface area (Å²) in [5.74, 6) is 0.883. The van der Waals surface area contributed by atoms with Gasteiger partial charge in [0.15, 0.2) is 6.51 Å². The second-order valence-electron chi connectivity index (χ2n) is 7.27. The van der Waals surface area contributed by atoms with E-state index in [1.807, 2.05) is 0 Å². The van der Waals surface area contributed by atoms with Crippen molar-refractivity contribution in [3.8, 4) is 0 Å². The van der Waals surface area contributed by atoms with Crippen LogP contribution in [0.5, 0.6) is 0 Å². The van der Waals surface area contributed by atoms with Crippen LogP contribution in [-0.2, 0) is 4.53 Å². The Bertz CT molecular complexity index is 291. The van der Waals surface area contributed by atoms with Gasteiger partial charge < -0.3 is 8.83 Å². The molecule has 0 bridgehead atoms. The standard InChI is InChI=1S/C11H28BNOSi2/c1-11-8-9-12(10-11)13(15(2,3)4)14-16(5,6)7/h11H,8-10H2,1-7H3. The van der Waals surface area contributed by atoms with Crippen LogP contribution in [-0.4, -0.2) is 27.4 Å². The summed E-state index contributed by atoms with van der Waals surface area (Å²) in [5.41, 5.74) is 0. The molecule has 0 N–H and O–H groups in total. The van der Waals surface area contributed by atoms with Crippen LogP contribution in [0.15, 0.2) is 0 Å². The number of hydrogen-bond acceptors (Lipinski definition) is 1. The van der Waals surface area contributed by atoms with Gasteiger partial charge in [-0.25, -0.2) is 0 Å². The summed E-state index contributed by atoms with van der Waals surface area (Å²) in [7, 11) is -2.80. The van der Waals surface area contributed by atoms with Crippen molar-refractivity contribution >= 4 is 23.1 Å². The van der Waals surface area contributed by atoms with Gasteiger partial charge in [-0.3, -0.25) is 0 Å². The van der Waals surface area contributed by atoms with Crippen LogP contribution < -0.4 is 0 Å². The van der Waals surface area contributed by atoms with Crippen molar-refractivity contribution in [2.24, 2.45) is 5.92 Å².